The number of nitrogens with zero attached hydrogens (tertiary/aromatic N) is 2. The van der Waals surface area contributed by atoms with Crippen LogP contribution in [0.3, 0.4) is 0 Å². The first-order valence-corrected chi connectivity index (χ1v) is 16.1. The highest BCUT2D eigenvalue weighted by atomic mass is 16.6. The third-order valence-corrected chi connectivity index (χ3v) is 9.72. The van der Waals surface area contributed by atoms with Gasteiger partial charge < -0.3 is 29.7 Å². The van der Waals surface area contributed by atoms with Crippen molar-refractivity contribution >= 4 is 40.2 Å². The van der Waals surface area contributed by atoms with E-state index >= 15 is 4.79 Å². The van der Waals surface area contributed by atoms with E-state index in [4.69, 9.17) is 9.47 Å². The molecule has 0 saturated carbocycles. The number of carbonyl (C=O) groups is 4. The van der Waals surface area contributed by atoms with Gasteiger partial charge in [-0.25, -0.2) is 0 Å². The number of benzene rings is 3. The van der Waals surface area contributed by atoms with Gasteiger partial charge in [0.1, 0.15) is 23.7 Å². The zero-order chi connectivity index (χ0) is 32.7. The van der Waals surface area contributed by atoms with Crippen LogP contribution in [0.25, 0.3) is 10.8 Å². The molecule has 3 aromatic carbocycles. The fourth-order valence-electron chi connectivity index (χ4n) is 7.51. The van der Waals surface area contributed by atoms with Crippen LogP contribution in [-0.2, 0) is 28.7 Å². The number of aliphatic hydroxyl groups excluding tert-OH is 1. The summed E-state index contributed by atoms with van der Waals surface area (Å²) in [5.41, 5.74) is -0.198. The molecule has 4 heterocycles. The van der Waals surface area contributed by atoms with Gasteiger partial charge in [0.05, 0.1) is 31.2 Å². The lowest BCUT2D eigenvalue weighted by Gasteiger charge is -2.39. The number of allylic oxidation sites excluding steroid dienone is 1. The summed E-state index contributed by atoms with van der Waals surface area (Å²) in [6.07, 6.45) is 6.43. The Hall–Kier alpha value is -4.80. The molecule has 10 nitrogen and oxygen atoms in total. The van der Waals surface area contributed by atoms with Crippen molar-refractivity contribution < 1.29 is 33.8 Å². The van der Waals surface area contributed by atoms with Crippen molar-refractivity contribution in [2.45, 2.75) is 49.7 Å². The first-order chi connectivity index (χ1) is 22.8. The maximum absolute atomic E-state index is 15.2. The molecule has 5 bridgehead atoms. The van der Waals surface area contributed by atoms with Crippen molar-refractivity contribution in [1.29, 1.82) is 0 Å². The minimum atomic E-state index is -1.46. The third-order valence-electron chi connectivity index (χ3n) is 9.72. The number of aliphatic hydroxyl groups is 1. The first kappa shape index (κ1) is 30.8. The highest BCUT2D eigenvalue weighted by Gasteiger charge is 2.74. The van der Waals surface area contributed by atoms with Gasteiger partial charge in [0.15, 0.2) is 0 Å². The topological polar surface area (TPSA) is 125 Å². The fraction of sp³-hybridized carbons (Fsp3) is 0.351. The zero-order valence-corrected chi connectivity index (χ0v) is 26.0. The number of ether oxygens (including phenoxy) is 2. The summed E-state index contributed by atoms with van der Waals surface area (Å²) in [4.78, 5) is 59.2. The van der Waals surface area contributed by atoms with E-state index in [2.05, 4.69) is 5.32 Å². The summed E-state index contributed by atoms with van der Waals surface area (Å²) in [6.45, 7) is 1.51. The molecule has 7 atom stereocenters. The van der Waals surface area contributed by atoms with Gasteiger partial charge in [0, 0.05) is 18.7 Å². The molecule has 10 heteroatoms. The van der Waals surface area contributed by atoms with Crippen LogP contribution in [0, 0.1) is 11.8 Å². The SMILES string of the molecule is C[C@@H]1CNC(=O)CC/C=C\CN(c2ccc3ccccc3c2)C(=O)[C@@H]2N([C@H](CO)c3ccccc3)C(=O)[C@H]3[C@H](C(=O)O1)[C@@H]1C=C[C@]23O1. The number of amides is 3. The number of nitrogens with one attached hydrogen (secondary N) is 1. The van der Waals surface area contributed by atoms with Gasteiger partial charge in [0.25, 0.3) is 5.91 Å². The van der Waals surface area contributed by atoms with Gasteiger partial charge in [-0.05, 0) is 41.8 Å². The Morgan fingerprint density at radius 1 is 0.957 bits per heavy atom. The molecule has 0 aliphatic carbocycles. The quantitative estimate of drug-likeness (QED) is 0.332. The molecular formula is C37H37N3O7. The van der Waals surface area contributed by atoms with Crippen molar-refractivity contribution in [3.8, 4) is 0 Å². The number of likely N-dealkylation sites (tertiary alicyclic amines) is 1. The van der Waals surface area contributed by atoms with E-state index in [0.717, 1.165) is 10.8 Å². The molecule has 2 saturated heterocycles. The number of esters is 1. The minimum absolute atomic E-state index is 0.121. The van der Waals surface area contributed by atoms with Gasteiger partial charge >= 0.3 is 5.97 Å². The molecule has 0 radical (unpaired) electrons. The van der Waals surface area contributed by atoms with Crippen molar-refractivity contribution in [2.75, 3.05) is 24.6 Å². The van der Waals surface area contributed by atoms with E-state index in [1.807, 2.05) is 72.8 Å². The Bertz CT molecular complexity index is 1770. The van der Waals surface area contributed by atoms with Crippen LogP contribution in [-0.4, -0.2) is 77.2 Å². The Balaban J connectivity index is 1.38. The van der Waals surface area contributed by atoms with Crippen molar-refractivity contribution in [3.05, 3.63) is 103 Å². The van der Waals surface area contributed by atoms with Crippen molar-refractivity contribution in [3.63, 3.8) is 0 Å². The van der Waals surface area contributed by atoms with E-state index in [9.17, 15) is 19.5 Å². The van der Waals surface area contributed by atoms with Gasteiger partial charge in [-0.15, -0.1) is 0 Å². The molecule has 4 aliphatic rings. The second kappa shape index (κ2) is 12.4. The monoisotopic (exact) mass is 635 g/mol. The van der Waals surface area contributed by atoms with Crippen molar-refractivity contribution in [1.82, 2.24) is 10.2 Å². The number of anilines is 1. The smallest absolute Gasteiger partial charge is 0.313 e. The van der Waals surface area contributed by atoms with Crippen LogP contribution >= 0.6 is 0 Å². The Morgan fingerprint density at radius 2 is 1.72 bits per heavy atom. The lowest BCUT2D eigenvalue weighted by atomic mass is 9.74. The summed E-state index contributed by atoms with van der Waals surface area (Å²) >= 11 is 0. The summed E-state index contributed by atoms with van der Waals surface area (Å²) in [7, 11) is 0. The van der Waals surface area contributed by atoms with Crippen LogP contribution < -0.4 is 10.2 Å². The third kappa shape index (κ3) is 5.31. The average molecular weight is 636 g/mol. The molecule has 242 valence electrons. The molecule has 0 unspecified atom stereocenters. The normalized spacial score (nSPS) is 30.7. The average Bonchev–Trinajstić information content (AvgIpc) is 3.73. The number of cyclic esters (lactones) is 1. The van der Waals surface area contributed by atoms with E-state index < -0.39 is 66.1 Å². The van der Waals surface area contributed by atoms with Gasteiger partial charge in [0.2, 0.25) is 11.8 Å². The largest absolute Gasteiger partial charge is 0.460 e. The van der Waals surface area contributed by atoms with Crippen LogP contribution in [0.4, 0.5) is 5.69 Å². The minimum Gasteiger partial charge on any atom is -0.460 e. The van der Waals surface area contributed by atoms with Gasteiger partial charge in [-0.2, -0.15) is 0 Å². The molecule has 7 rings (SSSR count). The van der Waals surface area contributed by atoms with Crippen LogP contribution in [0.5, 0.6) is 0 Å². The fourth-order valence-corrected chi connectivity index (χ4v) is 7.51. The zero-order valence-electron chi connectivity index (χ0n) is 26.0. The maximum Gasteiger partial charge on any atom is 0.313 e. The number of rotatable bonds is 4. The van der Waals surface area contributed by atoms with E-state index in [1.165, 1.54) is 4.90 Å². The summed E-state index contributed by atoms with van der Waals surface area (Å²) in [5.74, 6) is -3.75. The van der Waals surface area contributed by atoms with Crippen LogP contribution in [0.15, 0.2) is 97.1 Å². The Labute approximate surface area is 272 Å². The lowest BCUT2D eigenvalue weighted by molar-refractivity contribution is -0.159. The first-order valence-electron chi connectivity index (χ1n) is 16.1. The molecule has 4 aliphatic heterocycles. The predicted octanol–water partition coefficient (Wildman–Crippen LogP) is 3.45. The maximum atomic E-state index is 15.2. The molecule has 3 aromatic rings. The number of fused-ring (bicyclic) bond motifs is 3. The van der Waals surface area contributed by atoms with Gasteiger partial charge in [-0.3, -0.25) is 19.2 Å². The highest BCUT2D eigenvalue weighted by Crippen LogP contribution is 2.57. The number of hydrogen-bond acceptors (Lipinski definition) is 7. The van der Waals surface area contributed by atoms with Crippen LogP contribution in [0.1, 0.15) is 31.4 Å². The summed E-state index contributed by atoms with van der Waals surface area (Å²) < 4.78 is 12.3. The second-order valence-corrected chi connectivity index (χ2v) is 12.6. The Kier molecular flexibility index (Phi) is 8.15. The van der Waals surface area contributed by atoms with Crippen molar-refractivity contribution in [2.24, 2.45) is 11.8 Å². The van der Waals surface area contributed by atoms with E-state index in [0.29, 0.717) is 17.7 Å². The number of hydrogen-bond donors (Lipinski definition) is 2. The molecule has 1 spiro atoms. The van der Waals surface area contributed by atoms with Gasteiger partial charge in [-0.1, -0.05) is 85.0 Å². The second-order valence-electron chi connectivity index (χ2n) is 12.6. The molecular weight excluding hydrogens is 598 g/mol. The summed E-state index contributed by atoms with van der Waals surface area (Å²) in [5, 5.41) is 15.6. The van der Waals surface area contributed by atoms with E-state index in [-0.39, 0.29) is 25.4 Å². The Morgan fingerprint density at radius 3 is 2.51 bits per heavy atom. The standard InChI is InChI=1S/C37H37N3O7/c1-23-21-38-30(42)14-6-3-9-19-39(27-16-15-24-10-7-8-13-26(24)20-27)35(44)33-37-18-17-29(47-37)31(36(45)46-23)32(37)34(43)40(33)28(22-41)25-11-4-2-5-12-25/h2-5,7-13,15-18,20,23,28-29,31-33,41H,6,14,19,21-22H2,1H3,(H,38,42)/b9-3-/t23-,28-,29+,31-,32-,33+,37-/m1/s1. The molecule has 2 N–H and O–H groups in total. The molecule has 0 aromatic heterocycles. The van der Waals surface area contributed by atoms with E-state index in [1.54, 1.807) is 36.1 Å². The predicted molar refractivity (Wildman–Crippen MR) is 174 cm³/mol. The summed E-state index contributed by atoms with van der Waals surface area (Å²) in [6, 6.07) is 20.6. The molecule has 2 fully saturated rings. The molecule has 47 heavy (non-hydrogen) atoms. The number of carbonyl (C=O) groups excluding carboxylic acids is 4. The lowest BCUT2D eigenvalue weighted by Crippen LogP contribution is -2.57. The van der Waals surface area contributed by atoms with Crippen LogP contribution in [0.2, 0.25) is 0 Å². The molecule has 3 amide bonds. The highest BCUT2D eigenvalue weighted by molar-refractivity contribution is 6.06.